The van der Waals surface area contributed by atoms with Crippen LogP contribution >= 0.6 is 43.6 Å². The molecule has 1 aromatic rings. The molecule has 90 valence electrons. The number of hydrogen-bond acceptors (Lipinski definition) is 3. The van der Waals surface area contributed by atoms with Gasteiger partial charge in [-0.1, -0.05) is 0 Å². The van der Waals surface area contributed by atoms with E-state index >= 15 is 0 Å². The zero-order chi connectivity index (χ0) is 12.0. The maximum atomic E-state index is 9.04. The van der Waals surface area contributed by atoms with E-state index in [0.717, 1.165) is 32.4 Å². The zero-order valence-electron chi connectivity index (χ0n) is 9.00. The minimum absolute atomic E-state index is 0.0317. The van der Waals surface area contributed by atoms with Crippen LogP contribution in [0.2, 0.25) is 0 Å². The van der Waals surface area contributed by atoms with Gasteiger partial charge in [0, 0.05) is 0 Å². The van der Waals surface area contributed by atoms with E-state index in [1.165, 1.54) is 0 Å². The molecule has 1 rings (SSSR count). The molecule has 16 heavy (non-hydrogen) atoms. The third-order valence-corrected chi connectivity index (χ3v) is 3.85. The van der Waals surface area contributed by atoms with E-state index in [4.69, 9.17) is 9.84 Å². The smallest absolute Gasteiger partial charge is 0.147 e. The number of benzene rings is 1. The van der Waals surface area contributed by atoms with Gasteiger partial charge in [-0.3, -0.25) is 0 Å². The molecule has 5 heteroatoms. The summed E-state index contributed by atoms with van der Waals surface area (Å²) in [6, 6.07) is 3.74. The molecule has 0 saturated heterocycles. The van der Waals surface area contributed by atoms with Gasteiger partial charge in [0.2, 0.25) is 0 Å². The molecular formula is C11H14Br2O2S. The van der Waals surface area contributed by atoms with Gasteiger partial charge >= 0.3 is 0 Å². The third kappa shape index (κ3) is 4.28. The van der Waals surface area contributed by atoms with Crippen molar-refractivity contribution in [2.24, 2.45) is 0 Å². The van der Waals surface area contributed by atoms with Crippen LogP contribution in [0.5, 0.6) is 5.75 Å². The van der Waals surface area contributed by atoms with Crippen LogP contribution in [0.15, 0.2) is 21.1 Å². The monoisotopic (exact) mass is 368 g/mol. The Morgan fingerprint density at radius 2 is 1.94 bits per heavy atom. The fourth-order valence-electron chi connectivity index (χ4n) is 1.22. The molecule has 0 heterocycles. The number of rotatable bonds is 6. The Hall–Kier alpha value is 0.290. The first-order chi connectivity index (χ1) is 7.69. The number of ether oxygens (including phenoxy) is 1. The van der Waals surface area contributed by atoms with Crippen LogP contribution in [0.4, 0.5) is 0 Å². The molecule has 0 atom stereocenters. The second-order valence-corrected chi connectivity index (χ2v) is 5.94. The zero-order valence-corrected chi connectivity index (χ0v) is 13.0. The average Bonchev–Trinajstić information content (AvgIpc) is 2.26. The highest BCUT2D eigenvalue weighted by molar-refractivity contribution is 9.11. The molecule has 1 aromatic carbocycles. The van der Waals surface area contributed by atoms with Gasteiger partial charge in [0.1, 0.15) is 5.75 Å². The van der Waals surface area contributed by atoms with Gasteiger partial charge in [0.15, 0.2) is 0 Å². The number of hydrogen-bond donors (Lipinski definition) is 1. The van der Waals surface area contributed by atoms with Crippen LogP contribution in [0.1, 0.15) is 12.0 Å². The molecule has 0 radical (unpaired) electrons. The molecule has 2 nitrogen and oxygen atoms in total. The molecule has 0 aliphatic heterocycles. The lowest BCUT2D eigenvalue weighted by atomic mass is 10.2. The van der Waals surface area contributed by atoms with Crippen molar-refractivity contribution in [1.29, 1.82) is 0 Å². The highest BCUT2D eigenvalue weighted by Crippen LogP contribution is 2.34. The van der Waals surface area contributed by atoms with E-state index in [1.807, 2.05) is 23.9 Å². The summed E-state index contributed by atoms with van der Waals surface area (Å²) < 4.78 is 7.42. The maximum absolute atomic E-state index is 9.04. The quantitative estimate of drug-likeness (QED) is 0.772. The van der Waals surface area contributed by atoms with E-state index in [2.05, 4.69) is 38.1 Å². The molecular weight excluding hydrogens is 356 g/mol. The molecule has 1 N–H and O–H groups in total. The fraction of sp³-hybridized carbons (Fsp3) is 0.455. The van der Waals surface area contributed by atoms with Crippen LogP contribution < -0.4 is 4.74 Å². The first-order valence-electron chi connectivity index (χ1n) is 4.89. The van der Waals surface area contributed by atoms with Gasteiger partial charge in [0.05, 0.1) is 22.2 Å². The van der Waals surface area contributed by atoms with Gasteiger partial charge in [-0.15, -0.1) is 0 Å². The predicted octanol–water partition coefficient (Wildman–Crippen LogP) is 3.84. The molecule has 0 unspecified atom stereocenters. The first kappa shape index (κ1) is 14.4. The Balaban J connectivity index is 2.65. The van der Waals surface area contributed by atoms with Gasteiger partial charge in [0.25, 0.3) is 0 Å². The van der Waals surface area contributed by atoms with Crippen molar-refractivity contribution in [3.05, 3.63) is 26.6 Å². The molecule has 0 aliphatic rings. The minimum Gasteiger partial charge on any atom is -0.491 e. The fourth-order valence-corrected chi connectivity index (χ4v) is 3.14. The number of aliphatic hydroxyl groups excluding tert-OH is 1. The summed E-state index contributed by atoms with van der Waals surface area (Å²) in [5.41, 5.74) is 0.857. The van der Waals surface area contributed by atoms with E-state index in [9.17, 15) is 0 Å². The van der Waals surface area contributed by atoms with Gasteiger partial charge < -0.3 is 9.84 Å². The molecule has 0 amide bonds. The number of thioether (sulfide) groups is 1. The van der Waals surface area contributed by atoms with Crippen LogP contribution in [0, 0.1) is 0 Å². The van der Waals surface area contributed by atoms with Crippen LogP contribution in [-0.2, 0) is 6.61 Å². The van der Waals surface area contributed by atoms with Crippen LogP contribution in [0.3, 0.4) is 0 Å². The van der Waals surface area contributed by atoms with E-state index < -0.39 is 0 Å². The maximum Gasteiger partial charge on any atom is 0.147 e. The third-order valence-electron chi connectivity index (χ3n) is 1.98. The summed E-state index contributed by atoms with van der Waals surface area (Å²) in [7, 11) is 0. The molecule has 0 aromatic heterocycles. The van der Waals surface area contributed by atoms with E-state index in [0.29, 0.717) is 6.61 Å². The molecule has 0 saturated carbocycles. The summed E-state index contributed by atoms with van der Waals surface area (Å²) in [5.74, 6) is 1.91. The Morgan fingerprint density at radius 3 is 2.44 bits per heavy atom. The van der Waals surface area contributed by atoms with Crippen molar-refractivity contribution in [2.75, 3.05) is 18.6 Å². The summed E-state index contributed by atoms with van der Waals surface area (Å²) in [5, 5.41) is 9.04. The average molecular weight is 370 g/mol. The van der Waals surface area contributed by atoms with Crippen LogP contribution in [0.25, 0.3) is 0 Å². The number of aliphatic hydroxyl groups is 1. The Labute approximate surface area is 117 Å². The Morgan fingerprint density at radius 1 is 1.31 bits per heavy atom. The summed E-state index contributed by atoms with van der Waals surface area (Å²) in [6.45, 7) is 0.737. The summed E-state index contributed by atoms with van der Waals surface area (Å²) >= 11 is 8.69. The Bertz CT molecular complexity index is 322. The molecule has 0 fully saturated rings. The van der Waals surface area contributed by atoms with Crippen molar-refractivity contribution < 1.29 is 9.84 Å². The van der Waals surface area contributed by atoms with Gasteiger partial charge in [-0.05, 0) is 68.0 Å². The molecule has 0 bridgehead atoms. The van der Waals surface area contributed by atoms with Crippen molar-refractivity contribution >= 4 is 43.6 Å². The van der Waals surface area contributed by atoms with E-state index in [-0.39, 0.29) is 6.61 Å². The minimum atomic E-state index is 0.0317. The lowest BCUT2D eigenvalue weighted by Gasteiger charge is -2.11. The standard InChI is InChI=1S/C11H14Br2O2S/c1-16-4-2-3-15-11-9(12)5-8(7-14)6-10(11)13/h5-6,14H,2-4,7H2,1H3. The molecule has 0 spiro atoms. The second kappa shape index (κ2) is 7.58. The van der Waals surface area contributed by atoms with E-state index in [1.54, 1.807) is 0 Å². The highest BCUT2D eigenvalue weighted by Gasteiger charge is 2.08. The first-order valence-corrected chi connectivity index (χ1v) is 7.87. The number of halogens is 2. The second-order valence-electron chi connectivity index (χ2n) is 3.24. The largest absolute Gasteiger partial charge is 0.491 e. The lowest BCUT2D eigenvalue weighted by molar-refractivity contribution is 0.280. The predicted molar refractivity (Wildman–Crippen MR) is 76.3 cm³/mol. The normalized spacial score (nSPS) is 10.5. The summed E-state index contributed by atoms with van der Waals surface area (Å²) in [6.07, 6.45) is 3.11. The Kier molecular flexibility index (Phi) is 6.80. The highest BCUT2D eigenvalue weighted by atomic mass is 79.9. The van der Waals surface area contributed by atoms with Crippen molar-refractivity contribution in [3.8, 4) is 5.75 Å². The van der Waals surface area contributed by atoms with Crippen molar-refractivity contribution in [3.63, 3.8) is 0 Å². The SMILES string of the molecule is CSCCCOc1c(Br)cc(CO)cc1Br. The molecule has 0 aliphatic carbocycles. The lowest BCUT2D eigenvalue weighted by Crippen LogP contribution is -2.00. The van der Waals surface area contributed by atoms with Crippen molar-refractivity contribution in [2.45, 2.75) is 13.0 Å². The topological polar surface area (TPSA) is 29.5 Å². The summed E-state index contributed by atoms with van der Waals surface area (Å²) in [4.78, 5) is 0. The van der Waals surface area contributed by atoms with Gasteiger partial charge in [-0.25, -0.2) is 0 Å². The van der Waals surface area contributed by atoms with Crippen LogP contribution in [-0.4, -0.2) is 23.7 Å². The van der Waals surface area contributed by atoms with Crippen molar-refractivity contribution in [1.82, 2.24) is 0 Å². The van der Waals surface area contributed by atoms with Gasteiger partial charge in [-0.2, -0.15) is 11.8 Å².